The molecule has 0 atom stereocenters. The summed E-state index contributed by atoms with van der Waals surface area (Å²) in [6.45, 7) is 0.247. The van der Waals surface area contributed by atoms with Crippen molar-refractivity contribution in [2.45, 2.75) is 6.61 Å². The number of hydrogen-bond donors (Lipinski definition) is 0. The molecule has 28 heavy (non-hydrogen) atoms. The van der Waals surface area contributed by atoms with E-state index in [9.17, 15) is 4.79 Å². The van der Waals surface area contributed by atoms with Crippen LogP contribution in [-0.2, 0) is 30.4 Å². The second kappa shape index (κ2) is 11.1. The van der Waals surface area contributed by atoms with Gasteiger partial charge in [0.2, 0.25) is 0 Å². The zero-order valence-electron chi connectivity index (χ0n) is 15.8. The van der Waals surface area contributed by atoms with E-state index in [4.69, 9.17) is 30.6 Å². The molecule has 0 unspecified atom stereocenters. The minimum absolute atomic E-state index is 0.0209. The van der Waals surface area contributed by atoms with E-state index in [1.165, 1.54) is 20.5 Å². The van der Waals surface area contributed by atoms with E-state index in [2.05, 4.69) is 10.1 Å². The van der Waals surface area contributed by atoms with E-state index < -0.39 is 5.97 Å². The molecule has 1 aromatic heterocycles. The molecule has 0 aliphatic carbocycles. The lowest BCUT2D eigenvalue weighted by molar-refractivity contribution is -0.133. The van der Waals surface area contributed by atoms with E-state index in [0.29, 0.717) is 27.6 Å². The van der Waals surface area contributed by atoms with Gasteiger partial charge in [-0.1, -0.05) is 35.0 Å². The maximum atomic E-state index is 12.1. The molecule has 0 saturated carbocycles. The highest BCUT2D eigenvalue weighted by molar-refractivity contribution is 6.32. The molecule has 8 heteroatoms. The van der Waals surface area contributed by atoms with Crippen LogP contribution in [0.15, 0.2) is 54.0 Å². The average Bonchev–Trinajstić information content (AvgIpc) is 2.72. The average molecular weight is 405 g/mol. The van der Waals surface area contributed by atoms with Crippen LogP contribution < -0.4 is 0 Å². The highest BCUT2D eigenvalue weighted by Crippen LogP contribution is 2.28. The zero-order chi connectivity index (χ0) is 20.4. The predicted octanol–water partition coefficient (Wildman–Crippen LogP) is 3.46. The minimum atomic E-state index is -0.553. The molecule has 7 nitrogen and oxygen atoms in total. The molecule has 0 aliphatic rings. The van der Waals surface area contributed by atoms with Crippen molar-refractivity contribution in [1.82, 2.24) is 4.98 Å². The number of benzene rings is 1. The number of esters is 1. The Kier molecular flexibility index (Phi) is 8.45. The first-order valence-corrected chi connectivity index (χ1v) is 8.68. The molecule has 0 radical (unpaired) electrons. The number of nitrogens with zero attached hydrogens (tertiary/aromatic N) is 2. The predicted molar refractivity (Wildman–Crippen MR) is 106 cm³/mol. The van der Waals surface area contributed by atoms with Crippen LogP contribution in [0, 0.1) is 0 Å². The fourth-order valence-corrected chi connectivity index (χ4v) is 2.63. The van der Waals surface area contributed by atoms with E-state index in [0.717, 1.165) is 0 Å². The molecular weight excluding hydrogens is 384 g/mol. The van der Waals surface area contributed by atoms with Crippen molar-refractivity contribution < 1.29 is 23.8 Å². The number of carbonyl (C=O) groups is 1. The van der Waals surface area contributed by atoms with Crippen molar-refractivity contribution in [3.63, 3.8) is 0 Å². The van der Waals surface area contributed by atoms with Crippen molar-refractivity contribution in [2.75, 3.05) is 27.9 Å². The summed E-state index contributed by atoms with van der Waals surface area (Å²) in [5.41, 5.74) is 2.48. The first kappa shape index (κ1) is 21.4. The Bertz CT molecular complexity index is 853. The lowest BCUT2D eigenvalue weighted by atomic mass is 10.0. The van der Waals surface area contributed by atoms with Gasteiger partial charge in [-0.25, -0.2) is 4.79 Å². The quantitative estimate of drug-likeness (QED) is 0.209. The Labute approximate surface area is 168 Å². The fourth-order valence-electron chi connectivity index (χ4n) is 2.40. The molecule has 0 bridgehead atoms. The number of pyridine rings is 1. The Morgan fingerprint density at radius 2 is 2.00 bits per heavy atom. The first-order valence-electron chi connectivity index (χ1n) is 8.30. The molecule has 2 aromatic rings. The summed E-state index contributed by atoms with van der Waals surface area (Å²) < 4.78 is 15.0. The van der Waals surface area contributed by atoms with E-state index in [1.807, 2.05) is 6.07 Å². The summed E-state index contributed by atoms with van der Waals surface area (Å²) in [6, 6.07) is 10.6. The Morgan fingerprint density at radius 3 is 2.64 bits per heavy atom. The second-order valence-corrected chi connectivity index (χ2v) is 5.89. The number of oxime groups is 1. The van der Waals surface area contributed by atoms with Gasteiger partial charge in [0.05, 0.1) is 32.8 Å². The highest BCUT2D eigenvalue weighted by Gasteiger charge is 2.19. The van der Waals surface area contributed by atoms with Gasteiger partial charge in [0.25, 0.3) is 0 Å². The standard InChI is InChI=1S/C20H21ClN2O5/c1-25-11-16(20(24)27-3)14-7-6-8-17(21)15(14)12-28-23-19(13-26-2)18-9-4-5-10-22-18/h4-11H,12-13H2,1-3H3/b16-11+,23-19+. The van der Waals surface area contributed by atoms with Gasteiger partial charge in [-0.15, -0.1) is 0 Å². The summed E-state index contributed by atoms with van der Waals surface area (Å²) >= 11 is 6.33. The summed E-state index contributed by atoms with van der Waals surface area (Å²) in [4.78, 5) is 21.9. The van der Waals surface area contributed by atoms with Crippen LogP contribution in [0.2, 0.25) is 5.02 Å². The zero-order valence-corrected chi connectivity index (χ0v) is 16.6. The number of rotatable bonds is 9. The van der Waals surface area contributed by atoms with Crippen molar-refractivity contribution in [1.29, 1.82) is 0 Å². The maximum absolute atomic E-state index is 12.1. The second-order valence-electron chi connectivity index (χ2n) is 5.48. The molecule has 1 aromatic carbocycles. The summed E-state index contributed by atoms with van der Waals surface area (Å²) in [5, 5.41) is 4.56. The summed E-state index contributed by atoms with van der Waals surface area (Å²) in [7, 11) is 4.29. The number of halogens is 1. The lowest BCUT2D eigenvalue weighted by Crippen LogP contribution is -2.12. The minimum Gasteiger partial charge on any atom is -0.503 e. The molecule has 0 spiro atoms. The molecule has 0 amide bonds. The van der Waals surface area contributed by atoms with Gasteiger partial charge >= 0.3 is 5.97 Å². The topological polar surface area (TPSA) is 79.2 Å². The van der Waals surface area contributed by atoms with Crippen LogP contribution in [0.1, 0.15) is 16.8 Å². The monoisotopic (exact) mass is 404 g/mol. The van der Waals surface area contributed by atoms with Crippen molar-refractivity contribution in [2.24, 2.45) is 5.16 Å². The van der Waals surface area contributed by atoms with E-state index in [1.54, 1.807) is 43.6 Å². The molecule has 1 heterocycles. The molecule has 0 saturated heterocycles. The van der Waals surface area contributed by atoms with Gasteiger partial charge in [-0.2, -0.15) is 0 Å². The number of carbonyl (C=O) groups excluding carboxylic acids is 1. The van der Waals surface area contributed by atoms with Gasteiger partial charge < -0.3 is 19.0 Å². The Hall–Kier alpha value is -2.90. The Morgan fingerprint density at radius 1 is 1.18 bits per heavy atom. The van der Waals surface area contributed by atoms with Gasteiger partial charge in [-0.3, -0.25) is 4.98 Å². The summed E-state index contributed by atoms with van der Waals surface area (Å²) in [5.74, 6) is -0.553. The molecular formula is C20H21ClN2O5. The number of hydrogen-bond acceptors (Lipinski definition) is 7. The van der Waals surface area contributed by atoms with Crippen molar-refractivity contribution in [3.05, 3.63) is 70.7 Å². The third kappa shape index (κ3) is 5.55. The molecule has 148 valence electrons. The maximum Gasteiger partial charge on any atom is 0.341 e. The first-order chi connectivity index (χ1) is 13.6. The van der Waals surface area contributed by atoms with Gasteiger partial charge in [0.1, 0.15) is 17.9 Å². The van der Waals surface area contributed by atoms with Crippen molar-refractivity contribution >= 4 is 28.9 Å². The normalized spacial score (nSPS) is 11.9. The van der Waals surface area contributed by atoms with Gasteiger partial charge in [0, 0.05) is 29.5 Å². The van der Waals surface area contributed by atoms with Crippen LogP contribution in [0.3, 0.4) is 0 Å². The smallest absolute Gasteiger partial charge is 0.341 e. The number of aromatic nitrogens is 1. The van der Waals surface area contributed by atoms with Crippen LogP contribution in [-0.4, -0.2) is 44.6 Å². The third-order valence-electron chi connectivity index (χ3n) is 3.68. The fraction of sp³-hybridized carbons (Fsp3) is 0.250. The van der Waals surface area contributed by atoms with E-state index >= 15 is 0 Å². The van der Waals surface area contributed by atoms with Crippen LogP contribution in [0.4, 0.5) is 0 Å². The van der Waals surface area contributed by atoms with Crippen LogP contribution in [0.5, 0.6) is 0 Å². The third-order valence-corrected chi connectivity index (χ3v) is 4.03. The SMILES string of the molecule is CO/C=C(/C(=O)OC)c1cccc(Cl)c1CO/N=C(\COC)c1ccccn1. The summed E-state index contributed by atoms with van der Waals surface area (Å²) in [6.07, 6.45) is 2.96. The largest absolute Gasteiger partial charge is 0.503 e. The highest BCUT2D eigenvalue weighted by atomic mass is 35.5. The van der Waals surface area contributed by atoms with Crippen LogP contribution >= 0.6 is 11.6 Å². The number of methoxy groups -OCH3 is 3. The Balaban J connectivity index is 2.31. The van der Waals surface area contributed by atoms with Gasteiger partial charge in [0.15, 0.2) is 0 Å². The molecule has 2 rings (SSSR count). The van der Waals surface area contributed by atoms with E-state index in [-0.39, 0.29) is 18.8 Å². The van der Waals surface area contributed by atoms with Gasteiger partial charge in [-0.05, 0) is 18.2 Å². The van der Waals surface area contributed by atoms with Crippen molar-refractivity contribution in [3.8, 4) is 0 Å². The van der Waals surface area contributed by atoms with Crippen LogP contribution in [0.25, 0.3) is 5.57 Å². The lowest BCUT2D eigenvalue weighted by Gasteiger charge is -2.13. The molecule has 0 N–H and O–H groups in total. The molecule has 0 aliphatic heterocycles. The molecule has 0 fully saturated rings. The number of ether oxygens (including phenoxy) is 3.